The van der Waals surface area contributed by atoms with Gasteiger partial charge in [-0.3, -0.25) is 0 Å². The zero-order valence-corrected chi connectivity index (χ0v) is 12.1. The molecular formula is C18H17FN2O. The number of hydrogen-bond acceptors (Lipinski definition) is 3. The first kappa shape index (κ1) is 14.6. The van der Waals surface area contributed by atoms with Crippen molar-refractivity contribution in [3.63, 3.8) is 0 Å². The van der Waals surface area contributed by atoms with Crippen molar-refractivity contribution in [2.75, 3.05) is 18.5 Å². The Hall–Kier alpha value is -2.38. The summed E-state index contributed by atoms with van der Waals surface area (Å²) in [7, 11) is 0. The fourth-order valence-electron chi connectivity index (χ4n) is 2.88. The molecule has 0 radical (unpaired) electrons. The van der Waals surface area contributed by atoms with Crippen molar-refractivity contribution in [3.8, 4) is 6.07 Å². The molecule has 2 aromatic rings. The zero-order valence-electron chi connectivity index (χ0n) is 12.1. The van der Waals surface area contributed by atoms with Gasteiger partial charge in [-0.15, -0.1) is 0 Å². The Kier molecular flexibility index (Phi) is 4.36. The third-order valence-electron chi connectivity index (χ3n) is 4.02. The van der Waals surface area contributed by atoms with Gasteiger partial charge in [0.15, 0.2) is 0 Å². The molecule has 112 valence electrons. The maximum Gasteiger partial charge on any atom is 0.143 e. The van der Waals surface area contributed by atoms with Crippen LogP contribution in [0.5, 0.6) is 0 Å². The Morgan fingerprint density at radius 1 is 1.18 bits per heavy atom. The largest absolute Gasteiger partial charge is 0.383 e. The third kappa shape index (κ3) is 2.95. The van der Waals surface area contributed by atoms with Crippen LogP contribution in [-0.2, 0) is 4.74 Å². The quantitative estimate of drug-likeness (QED) is 0.931. The molecule has 1 saturated heterocycles. The van der Waals surface area contributed by atoms with E-state index in [1.165, 1.54) is 6.07 Å². The lowest BCUT2D eigenvalue weighted by molar-refractivity contribution is 0.0933. The van der Waals surface area contributed by atoms with Gasteiger partial charge in [-0.1, -0.05) is 36.4 Å². The molecule has 3 rings (SSSR count). The molecule has 1 N–H and O–H groups in total. The molecule has 0 saturated carbocycles. The fraction of sp³-hybridized carbons (Fsp3) is 0.278. The Bertz CT molecular complexity index is 681. The van der Waals surface area contributed by atoms with Crippen molar-refractivity contribution >= 4 is 5.69 Å². The SMILES string of the molecule is N#Cc1c(F)cccc1NCC1CCOC1c1ccccc1. The summed E-state index contributed by atoms with van der Waals surface area (Å²) >= 11 is 0. The van der Waals surface area contributed by atoms with E-state index in [2.05, 4.69) is 17.4 Å². The smallest absolute Gasteiger partial charge is 0.143 e. The van der Waals surface area contributed by atoms with Gasteiger partial charge in [-0.05, 0) is 24.1 Å². The number of nitriles is 1. The van der Waals surface area contributed by atoms with E-state index >= 15 is 0 Å². The van der Waals surface area contributed by atoms with E-state index in [1.54, 1.807) is 12.1 Å². The van der Waals surface area contributed by atoms with Crippen molar-refractivity contribution in [3.05, 3.63) is 65.5 Å². The highest BCUT2D eigenvalue weighted by Gasteiger charge is 2.29. The summed E-state index contributed by atoms with van der Waals surface area (Å²) in [6.07, 6.45) is 0.997. The number of benzene rings is 2. The van der Waals surface area contributed by atoms with Crippen LogP contribution in [-0.4, -0.2) is 13.2 Å². The second kappa shape index (κ2) is 6.59. The van der Waals surface area contributed by atoms with Gasteiger partial charge in [0.1, 0.15) is 17.4 Å². The lowest BCUT2D eigenvalue weighted by Gasteiger charge is -2.20. The normalized spacial score (nSPS) is 20.5. The lowest BCUT2D eigenvalue weighted by Crippen LogP contribution is -2.18. The molecule has 2 unspecified atom stereocenters. The highest BCUT2D eigenvalue weighted by molar-refractivity contribution is 5.57. The van der Waals surface area contributed by atoms with E-state index in [4.69, 9.17) is 10.00 Å². The molecule has 1 heterocycles. The standard InChI is InChI=1S/C18H17FN2O/c19-16-7-4-8-17(15(16)11-20)21-12-14-9-10-22-18(14)13-5-2-1-3-6-13/h1-8,14,18,21H,9-10,12H2. The number of rotatable bonds is 4. The first-order valence-electron chi connectivity index (χ1n) is 7.38. The van der Waals surface area contributed by atoms with Crippen LogP contribution >= 0.6 is 0 Å². The molecule has 0 amide bonds. The van der Waals surface area contributed by atoms with Crippen molar-refractivity contribution < 1.29 is 9.13 Å². The summed E-state index contributed by atoms with van der Waals surface area (Å²) in [6, 6.07) is 16.7. The maximum absolute atomic E-state index is 13.6. The number of halogens is 1. The number of nitrogens with one attached hydrogen (secondary N) is 1. The minimum Gasteiger partial charge on any atom is -0.383 e. The minimum atomic E-state index is -0.491. The van der Waals surface area contributed by atoms with Gasteiger partial charge >= 0.3 is 0 Å². The lowest BCUT2D eigenvalue weighted by atomic mass is 9.95. The predicted molar refractivity (Wildman–Crippen MR) is 82.8 cm³/mol. The van der Waals surface area contributed by atoms with Gasteiger partial charge in [0.2, 0.25) is 0 Å². The van der Waals surface area contributed by atoms with Gasteiger partial charge in [-0.2, -0.15) is 5.26 Å². The molecule has 2 atom stereocenters. The molecule has 22 heavy (non-hydrogen) atoms. The number of nitrogens with zero attached hydrogens (tertiary/aromatic N) is 1. The van der Waals surface area contributed by atoms with Crippen LogP contribution in [0.2, 0.25) is 0 Å². The number of ether oxygens (including phenoxy) is 1. The topological polar surface area (TPSA) is 45.0 Å². The maximum atomic E-state index is 13.6. The molecule has 1 aliphatic heterocycles. The van der Waals surface area contributed by atoms with Crippen molar-refractivity contribution in [1.29, 1.82) is 5.26 Å². The first-order valence-corrected chi connectivity index (χ1v) is 7.38. The first-order chi connectivity index (χ1) is 10.8. The van der Waals surface area contributed by atoms with E-state index < -0.39 is 5.82 Å². The molecule has 1 fully saturated rings. The molecule has 0 aliphatic carbocycles. The zero-order chi connectivity index (χ0) is 15.4. The molecule has 3 nitrogen and oxygen atoms in total. The van der Waals surface area contributed by atoms with Gasteiger partial charge in [0, 0.05) is 19.1 Å². The Labute approximate surface area is 129 Å². The number of anilines is 1. The Morgan fingerprint density at radius 2 is 2.00 bits per heavy atom. The minimum absolute atomic E-state index is 0.0489. The van der Waals surface area contributed by atoms with Crippen LogP contribution in [0.15, 0.2) is 48.5 Å². The van der Waals surface area contributed by atoms with E-state index in [0.717, 1.165) is 18.6 Å². The summed E-state index contributed by atoms with van der Waals surface area (Å²) in [6.45, 7) is 1.37. The molecular weight excluding hydrogens is 279 g/mol. The van der Waals surface area contributed by atoms with Gasteiger partial charge in [0.05, 0.1) is 11.8 Å². The number of hydrogen-bond donors (Lipinski definition) is 1. The fourth-order valence-corrected chi connectivity index (χ4v) is 2.88. The molecule has 0 aromatic heterocycles. The molecule has 2 aromatic carbocycles. The van der Waals surface area contributed by atoms with Gasteiger partial charge in [-0.25, -0.2) is 4.39 Å². The van der Waals surface area contributed by atoms with Gasteiger partial charge in [0.25, 0.3) is 0 Å². The third-order valence-corrected chi connectivity index (χ3v) is 4.02. The molecule has 4 heteroatoms. The van der Waals surface area contributed by atoms with Crippen LogP contribution in [0.1, 0.15) is 23.7 Å². The monoisotopic (exact) mass is 296 g/mol. The summed E-state index contributed by atoms with van der Waals surface area (Å²) in [4.78, 5) is 0. The van der Waals surface area contributed by atoms with Crippen LogP contribution in [0, 0.1) is 23.1 Å². The van der Waals surface area contributed by atoms with Crippen molar-refractivity contribution in [2.24, 2.45) is 5.92 Å². The van der Waals surface area contributed by atoms with E-state index in [0.29, 0.717) is 18.2 Å². The second-order valence-corrected chi connectivity index (χ2v) is 5.41. The predicted octanol–water partition coefficient (Wildman–Crippen LogP) is 3.89. The highest BCUT2D eigenvalue weighted by atomic mass is 19.1. The summed E-state index contributed by atoms with van der Waals surface area (Å²) < 4.78 is 19.4. The summed E-state index contributed by atoms with van der Waals surface area (Å²) in [5.74, 6) is -0.188. The molecule has 0 bridgehead atoms. The Morgan fingerprint density at radius 3 is 2.77 bits per heavy atom. The van der Waals surface area contributed by atoms with Crippen LogP contribution in [0.3, 0.4) is 0 Å². The van der Waals surface area contributed by atoms with Crippen molar-refractivity contribution in [2.45, 2.75) is 12.5 Å². The van der Waals surface area contributed by atoms with E-state index in [9.17, 15) is 4.39 Å². The molecule has 1 aliphatic rings. The Balaban J connectivity index is 1.71. The molecule has 0 spiro atoms. The highest BCUT2D eigenvalue weighted by Crippen LogP contribution is 2.34. The van der Waals surface area contributed by atoms with Crippen LogP contribution in [0.4, 0.5) is 10.1 Å². The van der Waals surface area contributed by atoms with Crippen molar-refractivity contribution in [1.82, 2.24) is 0 Å². The summed E-state index contributed by atoms with van der Waals surface area (Å²) in [5.41, 5.74) is 1.77. The average molecular weight is 296 g/mol. The van der Waals surface area contributed by atoms with Gasteiger partial charge < -0.3 is 10.1 Å². The van der Waals surface area contributed by atoms with E-state index in [-0.39, 0.29) is 11.7 Å². The van der Waals surface area contributed by atoms with E-state index in [1.807, 2.05) is 24.3 Å². The van der Waals surface area contributed by atoms with Crippen LogP contribution in [0.25, 0.3) is 0 Å². The second-order valence-electron chi connectivity index (χ2n) is 5.41. The average Bonchev–Trinajstić information content (AvgIpc) is 3.02. The summed E-state index contributed by atoms with van der Waals surface area (Å²) in [5, 5.41) is 12.3. The van der Waals surface area contributed by atoms with Crippen LogP contribution < -0.4 is 5.32 Å².